The summed E-state index contributed by atoms with van der Waals surface area (Å²) in [6.45, 7) is 1.90. The summed E-state index contributed by atoms with van der Waals surface area (Å²) >= 11 is 0. The molecule has 5 nitrogen and oxygen atoms in total. The number of nitrogens with zero attached hydrogens (tertiary/aromatic N) is 3. The molecule has 138 valence electrons. The zero-order valence-corrected chi connectivity index (χ0v) is 15.5. The maximum Gasteiger partial charge on any atom is 0.269 e. The molecule has 28 heavy (non-hydrogen) atoms. The third-order valence-corrected chi connectivity index (χ3v) is 4.70. The second kappa shape index (κ2) is 7.48. The van der Waals surface area contributed by atoms with E-state index in [1.807, 2.05) is 31.2 Å². The molecule has 0 atom stereocenters. The molecule has 0 aliphatic carbocycles. The molecular weight excluding hydrogens is 348 g/mol. The van der Waals surface area contributed by atoms with Gasteiger partial charge in [0.15, 0.2) is 5.69 Å². The first-order valence-corrected chi connectivity index (χ1v) is 9.05. The van der Waals surface area contributed by atoms with Crippen LogP contribution in [0, 0.1) is 6.92 Å². The van der Waals surface area contributed by atoms with Crippen LogP contribution in [0.4, 0.5) is 0 Å². The monoisotopic (exact) mass is 368 g/mol. The van der Waals surface area contributed by atoms with E-state index >= 15 is 0 Å². The summed E-state index contributed by atoms with van der Waals surface area (Å²) in [6.07, 6.45) is 4.46. The topological polar surface area (TPSA) is 73.8 Å². The SMILES string of the molecule is Cc1cc(C(N)=O)nn1-c1ccc(Cc2ccc(-c3ccncc3)cc2)cc1. The Hall–Kier alpha value is -3.73. The summed E-state index contributed by atoms with van der Waals surface area (Å²) in [5.74, 6) is -0.520. The van der Waals surface area contributed by atoms with Crippen LogP contribution in [-0.4, -0.2) is 20.7 Å². The van der Waals surface area contributed by atoms with E-state index in [0.29, 0.717) is 0 Å². The highest BCUT2D eigenvalue weighted by Crippen LogP contribution is 2.20. The van der Waals surface area contributed by atoms with Crippen LogP contribution in [0.2, 0.25) is 0 Å². The number of amides is 1. The largest absolute Gasteiger partial charge is 0.364 e. The second-order valence-electron chi connectivity index (χ2n) is 6.72. The third-order valence-electron chi connectivity index (χ3n) is 4.70. The average molecular weight is 368 g/mol. The number of rotatable bonds is 5. The average Bonchev–Trinajstić information content (AvgIpc) is 3.12. The first kappa shape index (κ1) is 17.7. The van der Waals surface area contributed by atoms with Crippen LogP contribution in [0.3, 0.4) is 0 Å². The summed E-state index contributed by atoms with van der Waals surface area (Å²) in [7, 11) is 0. The van der Waals surface area contributed by atoms with Gasteiger partial charge < -0.3 is 5.73 Å². The molecule has 4 rings (SSSR count). The molecule has 2 aromatic heterocycles. The van der Waals surface area contributed by atoms with E-state index < -0.39 is 5.91 Å². The van der Waals surface area contributed by atoms with Gasteiger partial charge in [-0.3, -0.25) is 9.78 Å². The number of carbonyl (C=O) groups excluding carboxylic acids is 1. The van der Waals surface area contributed by atoms with Gasteiger partial charge in [0.05, 0.1) is 5.69 Å². The molecule has 0 bridgehead atoms. The first-order chi connectivity index (χ1) is 13.6. The molecule has 0 saturated carbocycles. The zero-order valence-electron chi connectivity index (χ0n) is 15.5. The van der Waals surface area contributed by atoms with Gasteiger partial charge in [-0.15, -0.1) is 0 Å². The Kier molecular flexibility index (Phi) is 4.72. The van der Waals surface area contributed by atoms with Gasteiger partial charge in [0.2, 0.25) is 0 Å². The van der Waals surface area contributed by atoms with Crippen LogP contribution in [0.1, 0.15) is 27.3 Å². The molecule has 2 heterocycles. The van der Waals surface area contributed by atoms with E-state index in [2.05, 4.69) is 46.5 Å². The van der Waals surface area contributed by atoms with Gasteiger partial charge in [-0.05, 0) is 65.9 Å². The number of carbonyl (C=O) groups is 1. The number of aromatic nitrogens is 3. The summed E-state index contributed by atoms with van der Waals surface area (Å²) in [6, 6.07) is 22.5. The van der Waals surface area contributed by atoms with Crippen LogP contribution in [-0.2, 0) is 6.42 Å². The molecular formula is C23H20N4O. The molecule has 2 N–H and O–H groups in total. The number of hydrogen-bond acceptors (Lipinski definition) is 3. The van der Waals surface area contributed by atoms with Gasteiger partial charge in [-0.25, -0.2) is 4.68 Å². The summed E-state index contributed by atoms with van der Waals surface area (Å²) < 4.78 is 1.73. The fourth-order valence-electron chi connectivity index (χ4n) is 3.21. The van der Waals surface area contributed by atoms with Crippen molar-refractivity contribution in [1.29, 1.82) is 0 Å². The molecule has 1 amide bonds. The molecule has 0 spiro atoms. The first-order valence-electron chi connectivity index (χ1n) is 9.05. The van der Waals surface area contributed by atoms with Crippen molar-refractivity contribution in [1.82, 2.24) is 14.8 Å². The maximum absolute atomic E-state index is 11.3. The Morgan fingerprint density at radius 2 is 1.46 bits per heavy atom. The Bertz CT molecular complexity index is 1100. The lowest BCUT2D eigenvalue weighted by molar-refractivity contribution is 0.0995. The number of pyridine rings is 1. The molecule has 2 aromatic carbocycles. The Balaban J connectivity index is 1.50. The van der Waals surface area contributed by atoms with Crippen LogP contribution >= 0.6 is 0 Å². The highest BCUT2D eigenvalue weighted by Gasteiger charge is 2.10. The van der Waals surface area contributed by atoms with E-state index in [9.17, 15) is 4.79 Å². The summed E-state index contributed by atoms with van der Waals surface area (Å²) in [5, 5.41) is 4.27. The van der Waals surface area contributed by atoms with Gasteiger partial charge in [-0.1, -0.05) is 36.4 Å². The standard InChI is InChI=1S/C23H20N4O/c1-16-14-22(23(24)28)26-27(16)21-8-4-18(5-9-21)15-17-2-6-19(7-3-17)20-10-12-25-13-11-20/h2-14H,15H2,1H3,(H2,24,28). The van der Waals surface area contributed by atoms with Crippen LogP contribution in [0.15, 0.2) is 79.1 Å². The summed E-state index contributed by atoms with van der Waals surface area (Å²) in [5.41, 5.74) is 12.2. The number of aryl methyl sites for hydroxylation is 1. The molecule has 0 fully saturated rings. The lowest BCUT2D eigenvalue weighted by Gasteiger charge is -2.07. The molecule has 0 radical (unpaired) electrons. The van der Waals surface area contributed by atoms with Crippen molar-refractivity contribution >= 4 is 5.91 Å². The predicted molar refractivity (Wildman–Crippen MR) is 109 cm³/mol. The van der Waals surface area contributed by atoms with E-state index in [1.165, 1.54) is 16.7 Å². The van der Waals surface area contributed by atoms with E-state index in [1.54, 1.807) is 23.1 Å². The molecule has 0 saturated heterocycles. The minimum Gasteiger partial charge on any atom is -0.364 e. The molecule has 5 heteroatoms. The van der Waals surface area contributed by atoms with E-state index in [4.69, 9.17) is 5.73 Å². The minimum absolute atomic E-state index is 0.274. The van der Waals surface area contributed by atoms with Gasteiger partial charge in [-0.2, -0.15) is 5.10 Å². The Labute approximate surface area is 163 Å². The van der Waals surface area contributed by atoms with E-state index in [-0.39, 0.29) is 5.69 Å². The number of primary amides is 1. The fourth-order valence-corrected chi connectivity index (χ4v) is 3.21. The van der Waals surface area contributed by atoms with Crippen LogP contribution < -0.4 is 5.73 Å². The predicted octanol–water partition coefficient (Wildman–Crippen LogP) is 3.93. The fraction of sp³-hybridized carbons (Fsp3) is 0.0870. The lowest BCUT2D eigenvalue weighted by atomic mass is 10.0. The molecule has 0 aliphatic rings. The van der Waals surface area contributed by atoms with Gasteiger partial charge in [0, 0.05) is 18.1 Å². The van der Waals surface area contributed by atoms with Gasteiger partial charge in [0.25, 0.3) is 5.91 Å². The molecule has 4 aromatic rings. The Morgan fingerprint density at radius 1 is 0.893 bits per heavy atom. The van der Waals surface area contributed by atoms with E-state index in [0.717, 1.165) is 23.4 Å². The van der Waals surface area contributed by atoms with Crippen molar-refractivity contribution in [3.8, 4) is 16.8 Å². The third kappa shape index (κ3) is 3.69. The lowest BCUT2D eigenvalue weighted by Crippen LogP contribution is -2.12. The zero-order chi connectivity index (χ0) is 19.5. The van der Waals surface area contributed by atoms with Crippen molar-refractivity contribution in [3.63, 3.8) is 0 Å². The molecule has 0 unspecified atom stereocenters. The van der Waals surface area contributed by atoms with Gasteiger partial charge >= 0.3 is 0 Å². The quantitative estimate of drug-likeness (QED) is 0.580. The van der Waals surface area contributed by atoms with Crippen molar-refractivity contribution < 1.29 is 4.79 Å². The second-order valence-corrected chi connectivity index (χ2v) is 6.72. The minimum atomic E-state index is -0.520. The van der Waals surface area contributed by atoms with Gasteiger partial charge in [0.1, 0.15) is 0 Å². The van der Waals surface area contributed by atoms with Crippen LogP contribution in [0.25, 0.3) is 16.8 Å². The highest BCUT2D eigenvalue weighted by molar-refractivity contribution is 5.90. The van der Waals surface area contributed by atoms with Crippen molar-refractivity contribution in [3.05, 3.63) is 102 Å². The van der Waals surface area contributed by atoms with Crippen molar-refractivity contribution in [2.24, 2.45) is 5.73 Å². The normalized spacial score (nSPS) is 10.8. The number of nitrogens with two attached hydrogens (primary N) is 1. The maximum atomic E-state index is 11.3. The Morgan fingerprint density at radius 3 is 2.04 bits per heavy atom. The van der Waals surface area contributed by atoms with Crippen LogP contribution in [0.5, 0.6) is 0 Å². The highest BCUT2D eigenvalue weighted by atomic mass is 16.1. The molecule has 0 aliphatic heterocycles. The van der Waals surface area contributed by atoms with Crippen molar-refractivity contribution in [2.75, 3.05) is 0 Å². The number of hydrogen-bond donors (Lipinski definition) is 1. The summed E-state index contributed by atoms with van der Waals surface area (Å²) in [4.78, 5) is 15.4. The van der Waals surface area contributed by atoms with Crippen molar-refractivity contribution in [2.45, 2.75) is 13.3 Å². The number of benzene rings is 2. The smallest absolute Gasteiger partial charge is 0.269 e.